The summed E-state index contributed by atoms with van der Waals surface area (Å²) in [5, 5.41) is 1.05. The maximum atomic E-state index is 11.9. The molecule has 2 aromatic rings. The number of aliphatic imine (C=N–C) groups is 1. The number of hydrogen-bond acceptors (Lipinski definition) is 3. The predicted octanol–water partition coefficient (Wildman–Crippen LogP) is 2.52. The Hall–Kier alpha value is -2.36. The molecule has 0 saturated heterocycles. The molecule has 0 saturated carbocycles. The van der Waals surface area contributed by atoms with Crippen LogP contribution in [0.25, 0.3) is 10.9 Å². The van der Waals surface area contributed by atoms with Crippen molar-refractivity contribution >= 4 is 22.8 Å². The van der Waals surface area contributed by atoms with Crippen LogP contribution >= 0.6 is 0 Å². The average molecular weight is 240 g/mol. The van der Waals surface area contributed by atoms with Crippen molar-refractivity contribution in [2.24, 2.45) is 4.99 Å². The number of nitrogens with zero attached hydrogens (tertiary/aromatic N) is 1. The fraction of sp³-hybridized carbons (Fsp3) is 0.143. The number of nitrogens with one attached hydrogen (secondary N) is 1. The second-order valence-corrected chi connectivity index (χ2v) is 4.39. The molecule has 0 amide bonds. The van der Waals surface area contributed by atoms with Gasteiger partial charge in [0.1, 0.15) is 0 Å². The number of esters is 1. The van der Waals surface area contributed by atoms with Crippen LogP contribution in [0.2, 0.25) is 0 Å². The van der Waals surface area contributed by atoms with E-state index in [-0.39, 0.29) is 11.9 Å². The summed E-state index contributed by atoms with van der Waals surface area (Å²) in [4.78, 5) is 19.4. The van der Waals surface area contributed by atoms with E-state index in [9.17, 15) is 4.79 Å². The van der Waals surface area contributed by atoms with Gasteiger partial charge in [0.05, 0.1) is 5.69 Å². The highest BCUT2D eigenvalue weighted by Gasteiger charge is 2.43. The predicted molar refractivity (Wildman–Crippen MR) is 69.4 cm³/mol. The molecule has 0 bridgehead atoms. The van der Waals surface area contributed by atoms with Gasteiger partial charge in [-0.2, -0.15) is 0 Å². The summed E-state index contributed by atoms with van der Waals surface area (Å²) >= 11 is 0. The number of aromatic nitrogens is 1. The molecule has 1 aliphatic heterocycles. The first-order valence-electron chi connectivity index (χ1n) is 5.66. The normalized spacial score (nSPS) is 22.9. The molecule has 0 radical (unpaired) electrons. The Morgan fingerprint density at radius 3 is 2.89 bits per heavy atom. The third kappa shape index (κ3) is 1.39. The first-order chi connectivity index (χ1) is 8.63. The van der Waals surface area contributed by atoms with Crippen molar-refractivity contribution in [2.75, 3.05) is 0 Å². The number of carbonyl (C=O) groups is 1. The monoisotopic (exact) mass is 240 g/mol. The molecule has 4 nitrogen and oxygen atoms in total. The SMILES string of the molecule is C=CC1=NC(C)(c2cc3ccccc3[nH]2)C(=O)O1. The smallest absolute Gasteiger partial charge is 0.346 e. The number of ether oxygens (including phenoxy) is 1. The van der Waals surface area contributed by atoms with Gasteiger partial charge in [0.2, 0.25) is 5.90 Å². The van der Waals surface area contributed by atoms with Crippen LogP contribution in [0.1, 0.15) is 12.6 Å². The average Bonchev–Trinajstić information content (AvgIpc) is 2.92. The van der Waals surface area contributed by atoms with Crippen molar-refractivity contribution < 1.29 is 9.53 Å². The molecule has 1 unspecified atom stereocenters. The molecule has 0 fully saturated rings. The van der Waals surface area contributed by atoms with Crippen LogP contribution in [0.5, 0.6) is 0 Å². The van der Waals surface area contributed by atoms with E-state index in [2.05, 4.69) is 16.6 Å². The number of rotatable bonds is 2. The number of H-pyrrole nitrogens is 1. The van der Waals surface area contributed by atoms with Crippen LogP contribution in [0, 0.1) is 0 Å². The topological polar surface area (TPSA) is 54.5 Å². The first kappa shape index (κ1) is 10.8. The lowest BCUT2D eigenvalue weighted by atomic mass is 10.00. The van der Waals surface area contributed by atoms with Crippen LogP contribution in [-0.2, 0) is 15.1 Å². The number of para-hydroxylation sites is 1. The number of aromatic amines is 1. The number of hydrogen-bond donors (Lipinski definition) is 1. The molecule has 1 atom stereocenters. The van der Waals surface area contributed by atoms with Crippen molar-refractivity contribution in [1.29, 1.82) is 0 Å². The highest BCUT2D eigenvalue weighted by atomic mass is 16.6. The summed E-state index contributed by atoms with van der Waals surface area (Å²) in [5.41, 5.74) is 0.692. The highest BCUT2D eigenvalue weighted by molar-refractivity contribution is 6.05. The zero-order chi connectivity index (χ0) is 12.8. The summed E-state index contributed by atoms with van der Waals surface area (Å²) in [6.07, 6.45) is 1.44. The molecule has 3 rings (SSSR count). The van der Waals surface area contributed by atoms with E-state index in [1.807, 2.05) is 30.3 Å². The molecule has 2 heterocycles. The lowest BCUT2D eigenvalue weighted by Gasteiger charge is -2.13. The Labute approximate surface area is 104 Å². The van der Waals surface area contributed by atoms with Crippen molar-refractivity contribution in [1.82, 2.24) is 4.98 Å². The van der Waals surface area contributed by atoms with Crippen LogP contribution in [-0.4, -0.2) is 16.9 Å². The van der Waals surface area contributed by atoms with Crippen LogP contribution < -0.4 is 0 Å². The van der Waals surface area contributed by atoms with Crippen molar-refractivity contribution in [3.8, 4) is 0 Å². The lowest BCUT2D eigenvalue weighted by Crippen LogP contribution is -2.27. The molecule has 90 valence electrons. The van der Waals surface area contributed by atoms with Gasteiger partial charge in [-0.1, -0.05) is 24.8 Å². The van der Waals surface area contributed by atoms with E-state index in [4.69, 9.17) is 4.74 Å². The Balaban J connectivity index is 2.16. The van der Waals surface area contributed by atoms with Crippen LogP contribution in [0.3, 0.4) is 0 Å². The molecule has 18 heavy (non-hydrogen) atoms. The van der Waals surface area contributed by atoms with E-state index >= 15 is 0 Å². The van der Waals surface area contributed by atoms with Gasteiger partial charge >= 0.3 is 5.97 Å². The first-order valence-corrected chi connectivity index (χ1v) is 5.66. The lowest BCUT2D eigenvalue weighted by molar-refractivity contribution is -0.138. The summed E-state index contributed by atoms with van der Waals surface area (Å²) in [5.74, 6) is -0.120. The standard InChI is InChI=1S/C14H12N2O2/c1-3-12-16-14(2,13(17)18-12)11-8-9-6-4-5-7-10(9)15-11/h3-8,15H,1H2,2H3. The molecule has 0 spiro atoms. The quantitative estimate of drug-likeness (QED) is 0.820. The number of benzene rings is 1. The van der Waals surface area contributed by atoms with Crippen molar-refractivity contribution in [3.05, 3.63) is 48.7 Å². The number of fused-ring (bicyclic) bond motifs is 1. The minimum atomic E-state index is -1.01. The van der Waals surface area contributed by atoms with E-state index in [0.717, 1.165) is 16.6 Å². The molecule has 1 N–H and O–H groups in total. The second-order valence-electron chi connectivity index (χ2n) is 4.39. The maximum Gasteiger partial charge on any atom is 0.346 e. The molecule has 1 aliphatic rings. The maximum absolute atomic E-state index is 11.9. The van der Waals surface area contributed by atoms with Crippen LogP contribution in [0.15, 0.2) is 48.0 Å². The summed E-state index contributed by atoms with van der Waals surface area (Å²) in [7, 11) is 0. The van der Waals surface area contributed by atoms with E-state index in [1.165, 1.54) is 6.08 Å². The van der Waals surface area contributed by atoms with Crippen molar-refractivity contribution in [2.45, 2.75) is 12.5 Å². The van der Waals surface area contributed by atoms with Gasteiger partial charge in [-0.25, -0.2) is 9.79 Å². The van der Waals surface area contributed by atoms with E-state index in [1.54, 1.807) is 6.92 Å². The Bertz CT molecular complexity index is 651. The van der Waals surface area contributed by atoms with Gasteiger partial charge in [0.25, 0.3) is 0 Å². The minimum absolute atomic E-state index is 0.265. The number of carbonyl (C=O) groups excluding carboxylic acids is 1. The zero-order valence-corrected chi connectivity index (χ0v) is 9.93. The third-order valence-electron chi connectivity index (χ3n) is 3.16. The third-order valence-corrected chi connectivity index (χ3v) is 3.16. The summed E-state index contributed by atoms with van der Waals surface area (Å²) in [6, 6.07) is 9.76. The molecular formula is C14H12N2O2. The van der Waals surface area contributed by atoms with E-state index < -0.39 is 5.54 Å². The molecule has 4 heteroatoms. The summed E-state index contributed by atoms with van der Waals surface area (Å²) < 4.78 is 5.05. The Morgan fingerprint density at radius 2 is 2.22 bits per heavy atom. The number of cyclic esters (lactones) is 1. The minimum Gasteiger partial charge on any atom is -0.406 e. The van der Waals surface area contributed by atoms with Gasteiger partial charge in [0.15, 0.2) is 5.54 Å². The summed E-state index contributed by atoms with van der Waals surface area (Å²) in [6.45, 7) is 5.29. The van der Waals surface area contributed by atoms with Gasteiger partial charge < -0.3 is 9.72 Å². The van der Waals surface area contributed by atoms with E-state index in [0.29, 0.717) is 0 Å². The van der Waals surface area contributed by atoms with Gasteiger partial charge in [-0.15, -0.1) is 0 Å². The van der Waals surface area contributed by atoms with Gasteiger partial charge in [0, 0.05) is 5.52 Å². The largest absolute Gasteiger partial charge is 0.406 e. The molecule has 1 aromatic carbocycles. The fourth-order valence-corrected chi connectivity index (χ4v) is 2.08. The molecular weight excluding hydrogens is 228 g/mol. The molecule has 0 aliphatic carbocycles. The Kier molecular flexibility index (Phi) is 2.13. The van der Waals surface area contributed by atoms with Gasteiger partial charge in [-0.3, -0.25) is 0 Å². The van der Waals surface area contributed by atoms with Crippen LogP contribution in [0.4, 0.5) is 0 Å². The second kappa shape index (κ2) is 3.57. The van der Waals surface area contributed by atoms with Gasteiger partial charge in [-0.05, 0) is 30.5 Å². The van der Waals surface area contributed by atoms with Crippen molar-refractivity contribution in [3.63, 3.8) is 0 Å². The highest BCUT2D eigenvalue weighted by Crippen LogP contribution is 2.33. The molecule has 1 aromatic heterocycles. The zero-order valence-electron chi connectivity index (χ0n) is 9.93. The fourth-order valence-electron chi connectivity index (χ4n) is 2.08. The Morgan fingerprint density at radius 1 is 1.44 bits per heavy atom.